The van der Waals surface area contributed by atoms with Gasteiger partial charge in [-0.2, -0.15) is 0 Å². The molecule has 12 nitrogen and oxygen atoms in total. The maximum absolute atomic E-state index is 15.3. The van der Waals surface area contributed by atoms with E-state index in [4.69, 9.17) is 9.47 Å². The number of dihydropyridines is 1. The van der Waals surface area contributed by atoms with Gasteiger partial charge in [-0.1, -0.05) is 76.9 Å². The van der Waals surface area contributed by atoms with E-state index in [2.05, 4.69) is 16.7 Å². The van der Waals surface area contributed by atoms with Crippen LogP contribution in [0.1, 0.15) is 89.6 Å². The molecule has 2 aromatic carbocycles. The van der Waals surface area contributed by atoms with Crippen LogP contribution in [0.25, 0.3) is 0 Å². The minimum atomic E-state index is -2.21. The zero-order chi connectivity index (χ0) is 42.3. The van der Waals surface area contributed by atoms with E-state index in [0.29, 0.717) is 24.4 Å². The number of carbonyl (C=O) groups is 2. The van der Waals surface area contributed by atoms with Crippen molar-refractivity contribution in [3.8, 4) is 5.75 Å². The molecule has 3 fully saturated rings. The average molecular weight is 871 g/mol. The summed E-state index contributed by atoms with van der Waals surface area (Å²) < 4.78 is 12.5. The highest BCUT2D eigenvalue weighted by Crippen LogP contribution is 2.69. The molecule has 0 amide bonds. The number of aliphatic hydroxyl groups is 6. The maximum atomic E-state index is 15.3. The van der Waals surface area contributed by atoms with Crippen molar-refractivity contribution >= 4 is 33.2 Å². The molecule has 8 N–H and O–H groups in total. The zero-order valence-corrected chi connectivity index (χ0v) is 35.6. The summed E-state index contributed by atoms with van der Waals surface area (Å²) >= 11 is 0. The molecule has 1 saturated heterocycles. The van der Waals surface area contributed by atoms with Gasteiger partial charge in [0.1, 0.15) is 40.8 Å². The van der Waals surface area contributed by atoms with E-state index in [9.17, 15) is 35.4 Å². The van der Waals surface area contributed by atoms with Crippen LogP contribution in [-0.4, -0.2) is 97.2 Å². The summed E-state index contributed by atoms with van der Waals surface area (Å²) in [5, 5.41) is 76.9. The van der Waals surface area contributed by atoms with Crippen LogP contribution in [0.2, 0.25) is 0 Å². The molecule has 3 spiro atoms. The number of ketones is 2. The number of fused-ring (bicyclic) bond motifs is 2. The van der Waals surface area contributed by atoms with Gasteiger partial charge in [0.25, 0.3) is 0 Å². The van der Waals surface area contributed by atoms with Crippen LogP contribution in [0.5, 0.6) is 5.75 Å². The summed E-state index contributed by atoms with van der Waals surface area (Å²) in [6.45, 7) is -0.192. The Bertz CT molecular complexity index is 2270. The Kier molecular flexibility index (Phi) is 10.6. The van der Waals surface area contributed by atoms with E-state index >= 15 is 4.79 Å². The number of hydrogen-bond acceptors (Lipinski definition) is 14. The number of allylic oxidation sites excluding steroid dienone is 6. The van der Waals surface area contributed by atoms with Gasteiger partial charge in [0.2, 0.25) is 6.29 Å². The maximum Gasteiger partial charge on any atom is 0.229 e. The topological polar surface area (TPSA) is 198 Å². The largest absolute Gasteiger partial charge is 0.511 e. The van der Waals surface area contributed by atoms with Gasteiger partial charge in [-0.25, -0.2) is 0 Å². The number of carbonyl (C=O) groups excluding carboxylic acids is 2. The molecule has 324 valence electrons. The van der Waals surface area contributed by atoms with E-state index in [1.54, 1.807) is 24.3 Å². The second kappa shape index (κ2) is 15.6. The lowest BCUT2D eigenvalue weighted by Crippen LogP contribution is -2.69. The van der Waals surface area contributed by atoms with Crippen LogP contribution in [0.15, 0.2) is 89.0 Å². The fourth-order valence-electron chi connectivity index (χ4n) is 12.6. The van der Waals surface area contributed by atoms with Crippen molar-refractivity contribution in [3.05, 3.63) is 111 Å². The van der Waals surface area contributed by atoms with Gasteiger partial charge in [0, 0.05) is 23.3 Å². The first-order valence-electron chi connectivity index (χ1n) is 21.6. The molecule has 0 radical (unpaired) electrons. The monoisotopic (exact) mass is 870 g/mol. The Balaban J connectivity index is 1.08. The molecule has 0 unspecified atom stereocenters. The lowest BCUT2D eigenvalue weighted by atomic mass is 9.57. The first kappa shape index (κ1) is 41.4. The van der Waals surface area contributed by atoms with Crippen molar-refractivity contribution in [1.82, 2.24) is 10.6 Å². The van der Waals surface area contributed by atoms with E-state index in [0.717, 1.165) is 73.9 Å². The standard InChI is InChI=1S/C47H54N2O10S2/c50-20-27-6-3-5-26(13-27)14-28-15-33-39(53)31-7-4-8-34-38(31)41(55)46(33,36(52)16-28)24-60-61-25-49-37-17-32-29(19-48-37)9-10-30-18-44(11-1-2-12-44)22-45(30,32)23-47(57)40(54)35(21-51)59-43(58-34)42(47)56/h3-8,13,15-17,30,33,35,40,42-43,48-52,54,56-57H,1-2,9-12,14,18-25H2/t30-,33-,35-,40-,42+,43-,45-,46+,47+/m1/s1. The van der Waals surface area contributed by atoms with Gasteiger partial charge in [-0.3, -0.25) is 9.59 Å². The van der Waals surface area contributed by atoms with Crippen molar-refractivity contribution < 1.29 is 49.7 Å². The molecule has 3 aliphatic heterocycles. The van der Waals surface area contributed by atoms with Gasteiger partial charge >= 0.3 is 0 Å². The van der Waals surface area contributed by atoms with Crippen molar-refractivity contribution in [1.29, 1.82) is 0 Å². The predicted molar refractivity (Wildman–Crippen MR) is 230 cm³/mol. The fraction of sp³-hybridized carbons (Fsp3) is 0.532. The Hall–Kier alpha value is -3.60. The van der Waals surface area contributed by atoms with E-state index in [1.165, 1.54) is 33.2 Å². The summed E-state index contributed by atoms with van der Waals surface area (Å²) in [6, 6.07) is 12.1. The fourth-order valence-corrected chi connectivity index (χ4v) is 14.8. The smallest absolute Gasteiger partial charge is 0.229 e. The molecule has 5 aliphatic carbocycles. The highest BCUT2D eigenvalue weighted by molar-refractivity contribution is 8.76. The molecule has 10 rings (SSSR count). The van der Waals surface area contributed by atoms with Gasteiger partial charge in [-0.05, 0) is 109 Å². The summed E-state index contributed by atoms with van der Waals surface area (Å²) in [5.74, 6) is -0.816. The van der Waals surface area contributed by atoms with E-state index in [1.807, 2.05) is 24.3 Å². The number of Topliss-reactive ketones (excluding diaryl/α,β-unsaturated/α-hetero) is 2. The number of aliphatic hydroxyl groups excluding tert-OH is 5. The molecule has 14 heteroatoms. The number of rotatable bonds is 4. The van der Waals surface area contributed by atoms with Crippen molar-refractivity contribution in [2.45, 2.75) is 101 Å². The van der Waals surface area contributed by atoms with Crippen LogP contribution in [-0.2, 0) is 17.8 Å². The van der Waals surface area contributed by atoms with E-state index < -0.39 is 59.3 Å². The Morgan fingerprint density at radius 3 is 2.54 bits per heavy atom. The lowest BCUT2D eigenvalue weighted by molar-refractivity contribution is -0.320. The molecular formula is C47H54N2O10S2. The van der Waals surface area contributed by atoms with Gasteiger partial charge in [-0.15, -0.1) is 0 Å². The molecular weight excluding hydrogens is 817 g/mol. The third-order valence-corrected chi connectivity index (χ3v) is 17.7. The number of hydrogen-bond donors (Lipinski definition) is 8. The van der Waals surface area contributed by atoms with Crippen LogP contribution in [0.4, 0.5) is 0 Å². The highest BCUT2D eigenvalue weighted by Gasteiger charge is 2.65. The lowest BCUT2D eigenvalue weighted by Gasteiger charge is -2.54. The Morgan fingerprint density at radius 1 is 0.934 bits per heavy atom. The number of ether oxygens (including phenoxy) is 2. The molecule has 2 saturated carbocycles. The number of nitrogens with one attached hydrogen (secondary N) is 2. The van der Waals surface area contributed by atoms with Crippen molar-refractivity contribution in [2.24, 2.45) is 28.1 Å². The molecule has 2 aromatic rings. The first-order valence-corrected chi connectivity index (χ1v) is 24.1. The molecule has 8 aliphatic rings. The average Bonchev–Trinajstić information content (AvgIpc) is 3.85. The summed E-state index contributed by atoms with van der Waals surface area (Å²) in [6.07, 6.45) is 7.50. The Labute approximate surface area is 363 Å². The summed E-state index contributed by atoms with van der Waals surface area (Å²) in [5.41, 5.74) is 0.260. The molecule has 61 heavy (non-hydrogen) atoms. The first-order chi connectivity index (χ1) is 29.4. The summed E-state index contributed by atoms with van der Waals surface area (Å²) in [7, 11) is 2.86. The minimum absolute atomic E-state index is 0.00835. The van der Waals surface area contributed by atoms with Crippen molar-refractivity contribution in [2.75, 3.05) is 24.8 Å². The highest BCUT2D eigenvalue weighted by atomic mass is 33.1. The van der Waals surface area contributed by atoms with E-state index in [-0.39, 0.29) is 58.5 Å². The van der Waals surface area contributed by atoms with Crippen LogP contribution >= 0.6 is 21.6 Å². The number of benzene rings is 2. The molecule has 9 atom stereocenters. The summed E-state index contributed by atoms with van der Waals surface area (Å²) in [4.78, 5) is 30.1. The van der Waals surface area contributed by atoms with Crippen LogP contribution in [0.3, 0.4) is 0 Å². The van der Waals surface area contributed by atoms with Crippen LogP contribution in [0, 0.1) is 28.1 Å². The second-order valence-corrected chi connectivity index (χ2v) is 21.2. The second-order valence-electron chi connectivity index (χ2n) is 18.8. The molecule has 3 heterocycles. The third-order valence-electron chi connectivity index (χ3n) is 15.4. The Morgan fingerprint density at radius 2 is 1.74 bits per heavy atom. The van der Waals surface area contributed by atoms with Crippen molar-refractivity contribution in [3.63, 3.8) is 0 Å². The quantitative estimate of drug-likeness (QED) is 0.188. The molecule has 0 aromatic heterocycles. The normalized spacial score (nSPS) is 36.6. The third kappa shape index (κ3) is 6.57. The molecule has 6 bridgehead atoms. The minimum Gasteiger partial charge on any atom is -0.511 e. The van der Waals surface area contributed by atoms with Gasteiger partial charge in [0.15, 0.2) is 11.6 Å². The SMILES string of the molecule is O=C1c2cccc3c2C(=O)[C@]2(CSSCNC4=CC5=C(CC[C@@H]6CC7(CCCC7)C[C@]56C[C@]5(O)[C@H](O)[C@@H](CO)O[C@@H](O3)[C@@H]5O)CN4)C(O)=CC(Cc3cccc(CO)c3)=C[C@H]12. The zero-order valence-electron chi connectivity index (χ0n) is 34.0. The van der Waals surface area contributed by atoms with Crippen LogP contribution < -0.4 is 15.4 Å². The van der Waals surface area contributed by atoms with Gasteiger partial charge in [0.05, 0.1) is 36.4 Å². The predicted octanol–water partition coefficient (Wildman–Crippen LogP) is 5.16. The van der Waals surface area contributed by atoms with Gasteiger partial charge < -0.3 is 50.7 Å².